The summed E-state index contributed by atoms with van der Waals surface area (Å²) in [6, 6.07) is 79.6. The van der Waals surface area contributed by atoms with E-state index in [1.165, 1.54) is 97.9 Å². The van der Waals surface area contributed by atoms with Crippen molar-refractivity contribution in [3.63, 3.8) is 0 Å². The molecule has 0 bridgehead atoms. The van der Waals surface area contributed by atoms with Crippen LogP contribution in [-0.4, -0.2) is 16.3 Å². The molecule has 14 rings (SSSR count). The predicted octanol–water partition coefficient (Wildman–Crippen LogP) is 16.2. The van der Waals surface area contributed by atoms with Gasteiger partial charge >= 0.3 is 0 Å². The van der Waals surface area contributed by atoms with Crippen molar-refractivity contribution in [1.29, 1.82) is 0 Å². The summed E-state index contributed by atoms with van der Waals surface area (Å²) in [4.78, 5) is 5.57. The Morgan fingerprint density at radius 2 is 0.806 bits per heavy atom. The van der Waals surface area contributed by atoms with Gasteiger partial charge in [-0.15, -0.1) is 0 Å². The van der Waals surface area contributed by atoms with E-state index < -0.39 is 0 Å². The van der Waals surface area contributed by atoms with Crippen LogP contribution in [0.4, 0.5) is 0 Å². The van der Waals surface area contributed by atoms with Gasteiger partial charge in [-0.05, 0) is 130 Å². The van der Waals surface area contributed by atoms with Crippen molar-refractivity contribution in [3.8, 4) is 22.3 Å². The molecular weight excluding hydrogens is 811 g/mol. The zero-order valence-electron chi connectivity index (χ0n) is 36.5. The molecule has 1 aromatic heterocycles. The molecule has 0 saturated carbocycles. The molecule has 312 valence electrons. The maximum atomic E-state index is 5.57. The first-order valence-electron chi connectivity index (χ1n) is 23.1. The van der Waals surface area contributed by atoms with E-state index in [9.17, 15) is 0 Å². The second-order valence-electron chi connectivity index (χ2n) is 17.9. The average molecular weight is 852 g/mol. The summed E-state index contributed by atoms with van der Waals surface area (Å²) in [5.74, 6) is 0. The van der Waals surface area contributed by atoms with E-state index in [0.29, 0.717) is 0 Å². The van der Waals surface area contributed by atoms with Crippen LogP contribution in [0.25, 0.3) is 115 Å². The number of hydrogen-bond acceptors (Lipinski definition) is 2. The minimum absolute atomic E-state index is 0.154. The van der Waals surface area contributed by atoms with Crippen molar-refractivity contribution in [2.75, 3.05) is 0 Å². The molecule has 1 unspecified atom stereocenters. The zero-order chi connectivity index (χ0) is 44.0. The number of aromatic nitrogens is 1. The molecule has 12 aromatic rings. The molecule has 1 atom stereocenters. The average Bonchev–Trinajstić information content (AvgIpc) is 3.71. The minimum atomic E-state index is -0.154. The Bertz CT molecular complexity index is 4050. The second kappa shape index (κ2) is 14.9. The first-order chi connectivity index (χ1) is 33.2. The monoisotopic (exact) mass is 851 g/mol. The number of hydrogen-bond donors (Lipinski definition) is 1. The Balaban J connectivity index is 0.920. The van der Waals surface area contributed by atoms with E-state index in [0.717, 1.165) is 33.9 Å². The molecular formula is C64H41N3. The summed E-state index contributed by atoms with van der Waals surface area (Å²) in [5.41, 5.74) is 13.4. The van der Waals surface area contributed by atoms with Gasteiger partial charge in [-0.25, -0.2) is 4.99 Å². The van der Waals surface area contributed by atoms with Crippen LogP contribution in [-0.2, 0) is 0 Å². The van der Waals surface area contributed by atoms with E-state index in [1.807, 2.05) is 0 Å². The van der Waals surface area contributed by atoms with Crippen LogP contribution in [0, 0.1) is 0 Å². The molecule has 1 aliphatic carbocycles. The molecule has 3 heteroatoms. The normalized spacial score (nSPS) is 14.9. The molecule has 1 N–H and O–H groups in total. The number of nitrogens with one attached hydrogen (secondary N) is 1. The number of fused-ring (bicyclic) bond motifs is 9. The number of allylic oxidation sites excluding steroid dienone is 2. The summed E-state index contributed by atoms with van der Waals surface area (Å²) in [7, 11) is 0. The quantitative estimate of drug-likeness (QED) is 0.172. The highest BCUT2D eigenvalue weighted by Gasteiger charge is 2.27. The van der Waals surface area contributed by atoms with Crippen LogP contribution in [0.15, 0.2) is 242 Å². The summed E-state index contributed by atoms with van der Waals surface area (Å²) in [5, 5.41) is 19.0. The lowest BCUT2D eigenvalue weighted by molar-refractivity contribution is 0.879. The van der Waals surface area contributed by atoms with Crippen molar-refractivity contribution >= 4 is 98.5 Å². The number of rotatable bonds is 5. The van der Waals surface area contributed by atoms with Crippen LogP contribution in [0.1, 0.15) is 11.1 Å². The lowest BCUT2D eigenvalue weighted by atomic mass is 9.90. The third-order valence-electron chi connectivity index (χ3n) is 14.1. The van der Waals surface area contributed by atoms with Crippen molar-refractivity contribution in [3.05, 3.63) is 248 Å². The zero-order valence-corrected chi connectivity index (χ0v) is 36.5. The van der Waals surface area contributed by atoms with E-state index in [4.69, 9.17) is 4.99 Å². The van der Waals surface area contributed by atoms with E-state index in [1.54, 1.807) is 0 Å². The molecule has 0 radical (unpaired) electrons. The maximum absolute atomic E-state index is 5.57. The molecule has 0 fully saturated rings. The van der Waals surface area contributed by atoms with Crippen LogP contribution < -0.4 is 5.32 Å². The van der Waals surface area contributed by atoms with Gasteiger partial charge in [0, 0.05) is 22.0 Å². The third-order valence-corrected chi connectivity index (χ3v) is 14.1. The molecule has 2 heterocycles. The maximum Gasteiger partial charge on any atom is 0.0944 e. The standard InChI is InChI=1S/C64H41N3/c1-2-14-45-38-60-56(37-44(45)13-1)55-23-11-12-24-59(55)67(60)50-33-34-57-58(39-50)66-64(43-31-27-41(28-32-43)62-53-21-9-5-17-48(53)36-49-18-6-10-22-54(49)62)63(65-57)42-29-25-40(26-30-42)61-51-19-7-3-15-46(51)35-47-16-4-8-20-52(47)61/h1-39,58,66H. The SMILES string of the molecule is C1=CC2=NC(c3ccc(-c4c5ccccc5cc5ccccc45)cc3)=C(c3ccc(-c4c5ccccc5cc5ccccc45)cc3)NC2C=C1n1c2ccccc2c2cc3ccccc3cc21. The third kappa shape index (κ3) is 6.02. The van der Waals surface area contributed by atoms with Crippen molar-refractivity contribution in [2.45, 2.75) is 6.04 Å². The fourth-order valence-corrected chi connectivity index (χ4v) is 11.0. The van der Waals surface area contributed by atoms with Crippen LogP contribution in [0.2, 0.25) is 0 Å². The Morgan fingerprint density at radius 3 is 1.36 bits per heavy atom. The largest absolute Gasteiger partial charge is 0.371 e. The molecule has 2 aliphatic rings. The van der Waals surface area contributed by atoms with Crippen LogP contribution in [0.5, 0.6) is 0 Å². The molecule has 0 amide bonds. The Labute approximate surface area is 387 Å². The number of nitrogens with zero attached hydrogens (tertiary/aromatic N) is 2. The highest BCUT2D eigenvalue weighted by atomic mass is 15.0. The van der Waals surface area contributed by atoms with Gasteiger partial charge in [0.05, 0.1) is 34.2 Å². The Hall–Kier alpha value is -8.79. The van der Waals surface area contributed by atoms with Crippen molar-refractivity contribution in [1.82, 2.24) is 9.88 Å². The molecule has 3 nitrogen and oxygen atoms in total. The minimum Gasteiger partial charge on any atom is -0.371 e. The van der Waals surface area contributed by atoms with Gasteiger partial charge in [0.25, 0.3) is 0 Å². The smallest absolute Gasteiger partial charge is 0.0944 e. The molecule has 11 aromatic carbocycles. The van der Waals surface area contributed by atoms with Gasteiger partial charge in [0.2, 0.25) is 0 Å². The van der Waals surface area contributed by atoms with E-state index in [2.05, 4.69) is 247 Å². The molecule has 1 aliphatic heterocycles. The molecule has 0 saturated heterocycles. The van der Waals surface area contributed by atoms with Gasteiger partial charge in [-0.1, -0.05) is 188 Å². The topological polar surface area (TPSA) is 29.3 Å². The number of para-hydroxylation sites is 1. The highest BCUT2D eigenvalue weighted by Crippen LogP contribution is 2.42. The van der Waals surface area contributed by atoms with Crippen LogP contribution in [0.3, 0.4) is 0 Å². The molecule has 67 heavy (non-hydrogen) atoms. The Morgan fingerprint density at radius 1 is 0.358 bits per heavy atom. The summed E-state index contributed by atoms with van der Waals surface area (Å²) < 4.78 is 2.42. The first-order valence-corrected chi connectivity index (χ1v) is 23.1. The second-order valence-corrected chi connectivity index (χ2v) is 17.9. The predicted molar refractivity (Wildman–Crippen MR) is 285 cm³/mol. The van der Waals surface area contributed by atoms with E-state index >= 15 is 0 Å². The number of benzene rings is 11. The highest BCUT2D eigenvalue weighted by molar-refractivity contribution is 6.18. The van der Waals surface area contributed by atoms with E-state index in [-0.39, 0.29) is 6.04 Å². The number of aliphatic imine (C=N–C) groups is 1. The summed E-state index contributed by atoms with van der Waals surface area (Å²) >= 11 is 0. The van der Waals surface area contributed by atoms with Gasteiger partial charge in [0.1, 0.15) is 0 Å². The first kappa shape index (κ1) is 37.6. The molecule has 0 spiro atoms. The fraction of sp³-hybridized carbons (Fsp3) is 0.0156. The lowest BCUT2D eigenvalue weighted by Gasteiger charge is -2.29. The lowest BCUT2D eigenvalue weighted by Crippen LogP contribution is -2.38. The van der Waals surface area contributed by atoms with Crippen molar-refractivity contribution < 1.29 is 0 Å². The van der Waals surface area contributed by atoms with Crippen LogP contribution >= 0.6 is 0 Å². The van der Waals surface area contributed by atoms with Crippen molar-refractivity contribution in [2.24, 2.45) is 4.99 Å². The fourth-order valence-electron chi connectivity index (χ4n) is 11.0. The van der Waals surface area contributed by atoms with Gasteiger partial charge in [-0.3, -0.25) is 0 Å². The van der Waals surface area contributed by atoms with Gasteiger partial charge in [0.15, 0.2) is 0 Å². The summed E-state index contributed by atoms with van der Waals surface area (Å²) in [6.45, 7) is 0. The van der Waals surface area contributed by atoms with Gasteiger partial charge in [-0.2, -0.15) is 0 Å². The Kier molecular flexibility index (Phi) is 8.35. The summed E-state index contributed by atoms with van der Waals surface area (Å²) in [6.07, 6.45) is 6.79. The van der Waals surface area contributed by atoms with Gasteiger partial charge < -0.3 is 9.88 Å².